The van der Waals surface area contributed by atoms with E-state index < -0.39 is 0 Å². The van der Waals surface area contributed by atoms with Crippen molar-refractivity contribution in [1.29, 1.82) is 0 Å². The minimum absolute atomic E-state index is 0.207. The van der Waals surface area contributed by atoms with Gasteiger partial charge in [-0.05, 0) is 33.9 Å². The molecule has 0 saturated carbocycles. The van der Waals surface area contributed by atoms with E-state index in [1.54, 1.807) is 0 Å². The van der Waals surface area contributed by atoms with Crippen LogP contribution in [0.15, 0.2) is 0 Å². The number of nitrogens with one attached hydrogen (secondary N) is 1. The molecular formula is C9H16N2O2. The van der Waals surface area contributed by atoms with Gasteiger partial charge in [-0.3, -0.25) is 19.8 Å². The Morgan fingerprint density at radius 1 is 1.62 bits per heavy atom. The molecule has 74 valence electrons. The topological polar surface area (TPSA) is 49.4 Å². The maximum absolute atomic E-state index is 11.2. The maximum atomic E-state index is 11.2. The van der Waals surface area contributed by atoms with Gasteiger partial charge in [0.1, 0.15) is 0 Å². The van der Waals surface area contributed by atoms with Crippen LogP contribution in [0.1, 0.15) is 20.3 Å². The summed E-state index contributed by atoms with van der Waals surface area (Å²) in [7, 11) is 1.86. The standard InChI is InChI=1S/C9H16N2O2/c1-9(2)10-5-4-7(11(9)3)8(13)6-12/h6-7,10H,4-5H2,1-3H3. The minimum atomic E-state index is -0.322. The predicted molar refractivity (Wildman–Crippen MR) is 49.3 cm³/mol. The second kappa shape index (κ2) is 3.55. The van der Waals surface area contributed by atoms with Crippen molar-refractivity contribution in [3.8, 4) is 0 Å². The van der Waals surface area contributed by atoms with Gasteiger partial charge in [-0.2, -0.15) is 0 Å². The molecule has 1 aliphatic heterocycles. The monoisotopic (exact) mass is 184 g/mol. The second-order valence-electron chi connectivity index (χ2n) is 3.92. The van der Waals surface area contributed by atoms with E-state index in [2.05, 4.69) is 5.32 Å². The largest absolute Gasteiger partial charge is 0.300 e. The van der Waals surface area contributed by atoms with Crippen molar-refractivity contribution in [1.82, 2.24) is 10.2 Å². The van der Waals surface area contributed by atoms with Gasteiger partial charge < -0.3 is 0 Å². The number of aldehydes is 1. The average Bonchev–Trinajstić information content (AvgIpc) is 2.08. The first-order valence-corrected chi connectivity index (χ1v) is 4.46. The summed E-state index contributed by atoms with van der Waals surface area (Å²) in [5, 5.41) is 3.27. The summed E-state index contributed by atoms with van der Waals surface area (Å²) in [6.07, 6.45) is 1.13. The summed E-state index contributed by atoms with van der Waals surface area (Å²) in [5.74, 6) is -0.322. The van der Waals surface area contributed by atoms with Gasteiger partial charge >= 0.3 is 0 Å². The number of hydrogen-bond acceptors (Lipinski definition) is 4. The molecule has 4 nitrogen and oxygen atoms in total. The zero-order chi connectivity index (χ0) is 10.1. The number of hydrogen-bond donors (Lipinski definition) is 1. The SMILES string of the molecule is CN1C(C(=O)C=O)CCNC1(C)C. The predicted octanol–water partition coefficient (Wildman–Crippen LogP) is -0.216. The van der Waals surface area contributed by atoms with Crippen LogP contribution >= 0.6 is 0 Å². The van der Waals surface area contributed by atoms with E-state index in [1.165, 1.54) is 0 Å². The highest BCUT2D eigenvalue weighted by molar-refractivity contribution is 6.27. The van der Waals surface area contributed by atoms with Crippen LogP contribution in [0, 0.1) is 0 Å². The number of rotatable bonds is 2. The third kappa shape index (κ3) is 1.95. The third-order valence-electron chi connectivity index (χ3n) is 2.77. The third-order valence-corrected chi connectivity index (χ3v) is 2.77. The van der Waals surface area contributed by atoms with Crippen molar-refractivity contribution < 1.29 is 9.59 Å². The Hall–Kier alpha value is -0.740. The molecule has 0 amide bonds. The molecule has 0 aromatic heterocycles. The van der Waals surface area contributed by atoms with Gasteiger partial charge in [0, 0.05) is 0 Å². The fourth-order valence-corrected chi connectivity index (χ4v) is 1.63. The Labute approximate surface area is 78.3 Å². The van der Waals surface area contributed by atoms with Crippen LogP contribution in [0.25, 0.3) is 0 Å². The summed E-state index contributed by atoms with van der Waals surface area (Å²) in [6.45, 7) is 4.77. The zero-order valence-corrected chi connectivity index (χ0v) is 8.33. The lowest BCUT2D eigenvalue weighted by molar-refractivity contribution is -0.136. The number of carbonyl (C=O) groups excluding carboxylic acids is 2. The van der Waals surface area contributed by atoms with Crippen LogP contribution in [0.4, 0.5) is 0 Å². The number of ketones is 1. The average molecular weight is 184 g/mol. The normalized spacial score (nSPS) is 28.4. The Kier molecular flexibility index (Phi) is 2.83. The highest BCUT2D eigenvalue weighted by Crippen LogP contribution is 2.19. The van der Waals surface area contributed by atoms with E-state index in [9.17, 15) is 9.59 Å². The number of nitrogens with zero attached hydrogens (tertiary/aromatic N) is 1. The van der Waals surface area contributed by atoms with E-state index in [0.29, 0.717) is 12.7 Å². The molecule has 1 unspecified atom stereocenters. The zero-order valence-electron chi connectivity index (χ0n) is 8.33. The first-order chi connectivity index (χ1) is 5.99. The fourth-order valence-electron chi connectivity index (χ4n) is 1.63. The summed E-state index contributed by atoms with van der Waals surface area (Å²) < 4.78 is 0. The van der Waals surface area contributed by atoms with Gasteiger partial charge in [0.15, 0.2) is 6.29 Å². The Morgan fingerprint density at radius 2 is 2.23 bits per heavy atom. The van der Waals surface area contributed by atoms with E-state index in [1.807, 2.05) is 25.8 Å². The van der Waals surface area contributed by atoms with Gasteiger partial charge in [-0.25, -0.2) is 0 Å². The smallest absolute Gasteiger partial charge is 0.212 e. The summed E-state index contributed by atoms with van der Waals surface area (Å²) >= 11 is 0. The van der Waals surface area contributed by atoms with Gasteiger partial charge in [0.25, 0.3) is 0 Å². The Bertz CT molecular complexity index is 226. The summed E-state index contributed by atoms with van der Waals surface area (Å²) in [5.41, 5.74) is -0.207. The minimum Gasteiger partial charge on any atom is -0.300 e. The summed E-state index contributed by atoms with van der Waals surface area (Å²) in [6, 6.07) is -0.256. The fraction of sp³-hybridized carbons (Fsp3) is 0.778. The molecule has 1 saturated heterocycles. The lowest BCUT2D eigenvalue weighted by Crippen LogP contribution is -2.63. The van der Waals surface area contributed by atoms with Gasteiger partial charge in [0.05, 0.1) is 11.7 Å². The van der Waals surface area contributed by atoms with Crippen molar-refractivity contribution in [2.75, 3.05) is 13.6 Å². The molecule has 1 aliphatic rings. The van der Waals surface area contributed by atoms with Gasteiger partial charge in [-0.1, -0.05) is 0 Å². The van der Waals surface area contributed by atoms with E-state index in [0.717, 1.165) is 6.54 Å². The molecule has 0 aromatic rings. The van der Waals surface area contributed by atoms with E-state index >= 15 is 0 Å². The quantitative estimate of drug-likeness (QED) is 0.476. The van der Waals surface area contributed by atoms with Crippen LogP contribution in [0.5, 0.6) is 0 Å². The molecule has 0 spiro atoms. The van der Waals surface area contributed by atoms with E-state index in [-0.39, 0.29) is 17.5 Å². The first-order valence-electron chi connectivity index (χ1n) is 4.46. The molecule has 0 aromatic carbocycles. The molecule has 0 aliphatic carbocycles. The lowest BCUT2D eigenvalue weighted by Gasteiger charge is -2.44. The Balaban J connectivity index is 2.76. The molecule has 1 heterocycles. The number of likely N-dealkylation sites (N-methyl/N-ethyl adjacent to an activating group) is 1. The molecule has 1 rings (SSSR count). The molecule has 1 fully saturated rings. The molecule has 4 heteroatoms. The van der Waals surface area contributed by atoms with Crippen LogP contribution < -0.4 is 5.32 Å². The second-order valence-corrected chi connectivity index (χ2v) is 3.92. The first kappa shape index (κ1) is 10.3. The van der Waals surface area contributed by atoms with Crippen molar-refractivity contribution in [2.24, 2.45) is 0 Å². The van der Waals surface area contributed by atoms with Gasteiger partial charge in [0.2, 0.25) is 5.78 Å². The Morgan fingerprint density at radius 3 is 2.77 bits per heavy atom. The number of Topliss-reactive ketones (excluding diaryl/α,β-unsaturated/α-hetero) is 1. The van der Waals surface area contributed by atoms with E-state index in [4.69, 9.17) is 0 Å². The molecular weight excluding hydrogens is 168 g/mol. The van der Waals surface area contributed by atoms with Crippen molar-refractivity contribution >= 4 is 12.1 Å². The van der Waals surface area contributed by atoms with Crippen LogP contribution in [-0.4, -0.2) is 42.3 Å². The van der Waals surface area contributed by atoms with Crippen molar-refractivity contribution in [2.45, 2.75) is 32.0 Å². The molecule has 0 bridgehead atoms. The highest BCUT2D eigenvalue weighted by atomic mass is 16.2. The van der Waals surface area contributed by atoms with Gasteiger partial charge in [-0.15, -0.1) is 0 Å². The lowest BCUT2D eigenvalue weighted by atomic mass is 10.00. The van der Waals surface area contributed by atoms with Crippen molar-refractivity contribution in [3.63, 3.8) is 0 Å². The number of carbonyl (C=O) groups is 2. The van der Waals surface area contributed by atoms with Crippen molar-refractivity contribution in [3.05, 3.63) is 0 Å². The van der Waals surface area contributed by atoms with Crippen LogP contribution in [0.3, 0.4) is 0 Å². The molecule has 0 radical (unpaired) electrons. The van der Waals surface area contributed by atoms with Crippen LogP contribution in [-0.2, 0) is 9.59 Å². The summed E-state index contributed by atoms with van der Waals surface area (Å²) in [4.78, 5) is 23.5. The van der Waals surface area contributed by atoms with Crippen LogP contribution in [0.2, 0.25) is 0 Å². The molecule has 1 N–H and O–H groups in total. The molecule has 1 atom stereocenters. The highest BCUT2D eigenvalue weighted by Gasteiger charge is 2.36. The maximum Gasteiger partial charge on any atom is 0.212 e. The molecule has 13 heavy (non-hydrogen) atoms.